The van der Waals surface area contributed by atoms with Crippen LogP contribution in [0.15, 0.2) is 28.0 Å². The average Bonchev–Trinajstić information content (AvgIpc) is 2.56. The molecule has 2 aromatic heterocycles. The lowest BCUT2D eigenvalue weighted by Crippen LogP contribution is -2.28. The molecule has 0 aromatic carbocycles. The molecule has 2 aromatic rings. The third kappa shape index (κ3) is 2.01. The topological polar surface area (TPSA) is 85.6 Å². The van der Waals surface area contributed by atoms with E-state index >= 15 is 0 Å². The van der Waals surface area contributed by atoms with Gasteiger partial charge in [-0.3, -0.25) is 19.0 Å². The Balaban J connectivity index is 2.32. The molecule has 15 heavy (non-hydrogen) atoms. The number of H-pyrrole nitrogens is 1. The Morgan fingerprint density at radius 3 is 2.87 bits per heavy atom. The molecule has 7 heteroatoms. The summed E-state index contributed by atoms with van der Waals surface area (Å²) in [5, 5.41) is 7.58. The van der Waals surface area contributed by atoms with E-state index in [1.807, 2.05) is 0 Å². The van der Waals surface area contributed by atoms with Crippen molar-refractivity contribution in [1.29, 1.82) is 0 Å². The minimum Gasteiger partial charge on any atom is -0.294 e. The van der Waals surface area contributed by atoms with Crippen LogP contribution in [-0.4, -0.2) is 24.5 Å². The van der Waals surface area contributed by atoms with Gasteiger partial charge in [-0.05, 0) is 0 Å². The van der Waals surface area contributed by atoms with Crippen LogP contribution >= 0.6 is 0 Å². The predicted molar refractivity (Wildman–Crippen MR) is 51.4 cm³/mol. The number of nitrogens with zero attached hydrogens (tertiary/aromatic N) is 4. The van der Waals surface area contributed by atoms with E-state index < -0.39 is 11.2 Å². The van der Waals surface area contributed by atoms with Crippen LogP contribution in [0.3, 0.4) is 0 Å². The van der Waals surface area contributed by atoms with E-state index in [2.05, 4.69) is 15.3 Å². The summed E-state index contributed by atoms with van der Waals surface area (Å²) in [6.07, 6.45) is 3.13. The van der Waals surface area contributed by atoms with Gasteiger partial charge >= 0.3 is 5.69 Å². The van der Waals surface area contributed by atoms with Crippen molar-refractivity contribution in [2.75, 3.05) is 0 Å². The van der Waals surface area contributed by atoms with Gasteiger partial charge in [0.2, 0.25) is 0 Å². The van der Waals surface area contributed by atoms with Crippen LogP contribution < -0.4 is 11.2 Å². The summed E-state index contributed by atoms with van der Waals surface area (Å²) < 4.78 is 2.90. The first kappa shape index (κ1) is 9.38. The van der Waals surface area contributed by atoms with Gasteiger partial charge in [0.05, 0.1) is 6.54 Å². The van der Waals surface area contributed by atoms with Crippen LogP contribution in [0.25, 0.3) is 0 Å². The smallest absolute Gasteiger partial charge is 0.294 e. The van der Waals surface area contributed by atoms with E-state index in [9.17, 15) is 9.59 Å². The Hall–Kier alpha value is -2.18. The molecule has 0 bridgehead atoms. The molecule has 0 unspecified atom stereocenters. The lowest BCUT2D eigenvalue weighted by atomic mass is 10.4. The van der Waals surface area contributed by atoms with E-state index in [-0.39, 0.29) is 0 Å². The summed E-state index contributed by atoms with van der Waals surface area (Å²) in [5.74, 6) is 0. The Labute approximate surface area is 84.0 Å². The maximum absolute atomic E-state index is 11.3. The molecule has 7 nitrogen and oxygen atoms in total. The second kappa shape index (κ2) is 3.52. The van der Waals surface area contributed by atoms with Crippen molar-refractivity contribution < 1.29 is 0 Å². The zero-order valence-electron chi connectivity index (χ0n) is 8.04. The maximum atomic E-state index is 11.3. The first-order chi connectivity index (χ1) is 7.15. The summed E-state index contributed by atoms with van der Waals surface area (Å²) in [4.78, 5) is 24.3. The number of nitrogens with one attached hydrogen (secondary N) is 1. The predicted octanol–water partition coefficient (Wildman–Crippen LogP) is -1.29. The van der Waals surface area contributed by atoms with Gasteiger partial charge < -0.3 is 0 Å². The van der Waals surface area contributed by atoms with Crippen molar-refractivity contribution in [2.24, 2.45) is 7.05 Å². The van der Waals surface area contributed by atoms with Crippen LogP contribution in [0.1, 0.15) is 5.69 Å². The van der Waals surface area contributed by atoms with Crippen LogP contribution in [-0.2, 0) is 13.6 Å². The van der Waals surface area contributed by atoms with Gasteiger partial charge in [-0.1, -0.05) is 5.21 Å². The number of aryl methyl sites for hydroxylation is 1. The van der Waals surface area contributed by atoms with E-state index in [0.29, 0.717) is 12.2 Å². The van der Waals surface area contributed by atoms with Crippen molar-refractivity contribution >= 4 is 0 Å². The van der Waals surface area contributed by atoms with E-state index in [1.165, 1.54) is 16.8 Å². The van der Waals surface area contributed by atoms with Crippen LogP contribution in [0.2, 0.25) is 0 Å². The normalized spacial score (nSPS) is 10.5. The fourth-order valence-electron chi connectivity index (χ4n) is 1.21. The molecule has 0 amide bonds. The third-order valence-electron chi connectivity index (χ3n) is 1.88. The van der Waals surface area contributed by atoms with Gasteiger partial charge in [-0.25, -0.2) is 4.79 Å². The molecule has 0 saturated heterocycles. The van der Waals surface area contributed by atoms with Gasteiger partial charge in [0.1, 0.15) is 5.69 Å². The van der Waals surface area contributed by atoms with Crippen LogP contribution in [0.4, 0.5) is 0 Å². The zero-order valence-corrected chi connectivity index (χ0v) is 8.04. The van der Waals surface area contributed by atoms with Crippen molar-refractivity contribution in [3.05, 3.63) is 45.0 Å². The Bertz CT molecular complexity index is 579. The molecule has 0 spiro atoms. The molecule has 0 atom stereocenters. The molecule has 1 N–H and O–H groups in total. The lowest BCUT2D eigenvalue weighted by molar-refractivity contribution is 0.693. The van der Waals surface area contributed by atoms with Crippen molar-refractivity contribution in [3.63, 3.8) is 0 Å². The average molecular weight is 207 g/mol. The van der Waals surface area contributed by atoms with Gasteiger partial charge in [0.15, 0.2) is 0 Å². The fraction of sp³-hybridized carbons (Fsp3) is 0.250. The van der Waals surface area contributed by atoms with Crippen molar-refractivity contribution in [1.82, 2.24) is 24.5 Å². The molecular formula is C8H9N5O2. The lowest BCUT2D eigenvalue weighted by Gasteiger charge is -1.99. The number of aromatic nitrogens is 5. The second-order valence-electron chi connectivity index (χ2n) is 3.12. The van der Waals surface area contributed by atoms with Gasteiger partial charge in [-0.2, -0.15) is 0 Å². The maximum Gasteiger partial charge on any atom is 0.328 e. The minimum absolute atomic E-state index is 0.295. The first-order valence-electron chi connectivity index (χ1n) is 4.30. The third-order valence-corrected chi connectivity index (χ3v) is 1.88. The molecule has 78 valence electrons. The number of rotatable bonds is 2. The van der Waals surface area contributed by atoms with E-state index in [1.54, 1.807) is 17.9 Å². The Morgan fingerprint density at radius 1 is 1.47 bits per heavy atom. The zero-order chi connectivity index (χ0) is 10.8. The Morgan fingerprint density at radius 2 is 2.27 bits per heavy atom. The van der Waals surface area contributed by atoms with Crippen LogP contribution in [0.5, 0.6) is 0 Å². The van der Waals surface area contributed by atoms with E-state index in [4.69, 9.17) is 0 Å². The summed E-state index contributed by atoms with van der Waals surface area (Å²) >= 11 is 0. The quantitative estimate of drug-likeness (QED) is 0.664. The highest BCUT2D eigenvalue weighted by atomic mass is 16.2. The Kier molecular flexibility index (Phi) is 2.20. The van der Waals surface area contributed by atoms with E-state index in [0.717, 1.165) is 0 Å². The number of hydrogen-bond acceptors (Lipinski definition) is 4. The van der Waals surface area contributed by atoms with Crippen molar-refractivity contribution in [3.8, 4) is 0 Å². The van der Waals surface area contributed by atoms with Gasteiger partial charge in [0.25, 0.3) is 5.56 Å². The molecule has 2 rings (SSSR count). The molecule has 0 saturated carbocycles. The summed E-state index contributed by atoms with van der Waals surface area (Å²) in [6.45, 7) is 0.295. The molecule has 0 aliphatic carbocycles. The summed E-state index contributed by atoms with van der Waals surface area (Å²) in [7, 11) is 1.74. The highest BCUT2D eigenvalue weighted by Crippen LogP contribution is 1.92. The molecule has 0 aliphatic rings. The van der Waals surface area contributed by atoms with Gasteiger partial charge in [-0.15, -0.1) is 5.10 Å². The standard InChI is InChI=1S/C8H9N5O2/c1-12-4-6(10-11-12)5-13-3-2-7(14)9-8(13)15/h2-4H,5H2,1H3,(H,9,14,15). The SMILES string of the molecule is Cn1cc(Cn2ccc(=O)[nH]c2=O)nn1. The second-order valence-corrected chi connectivity index (χ2v) is 3.12. The van der Waals surface area contributed by atoms with Crippen molar-refractivity contribution in [2.45, 2.75) is 6.54 Å². The van der Waals surface area contributed by atoms with Gasteiger partial charge in [0, 0.05) is 25.5 Å². The molecule has 2 heterocycles. The molecule has 0 fully saturated rings. The fourth-order valence-corrected chi connectivity index (χ4v) is 1.21. The minimum atomic E-state index is -0.451. The summed E-state index contributed by atoms with van der Waals surface area (Å²) in [6, 6.07) is 1.29. The largest absolute Gasteiger partial charge is 0.328 e. The molecular weight excluding hydrogens is 198 g/mol. The number of aromatic amines is 1. The van der Waals surface area contributed by atoms with Crippen LogP contribution in [0, 0.1) is 0 Å². The molecule has 0 aliphatic heterocycles. The highest BCUT2D eigenvalue weighted by molar-refractivity contribution is 4.94. The number of hydrogen-bond donors (Lipinski definition) is 1. The molecule has 0 radical (unpaired) electrons. The monoisotopic (exact) mass is 207 g/mol. The first-order valence-corrected chi connectivity index (χ1v) is 4.30. The highest BCUT2D eigenvalue weighted by Gasteiger charge is 2.01. The summed E-state index contributed by atoms with van der Waals surface area (Å²) in [5.41, 5.74) is -0.199.